The lowest BCUT2D eigenvalue weighted by molar-refractivity contribution is 0.120. The largest absolute Gasteiger partial charge is 0.490 e. The molecule has 0 spiro atoms. The lowest BCUT2D eigenvalue weighted by Gasteiger charge is -2.26. The Morgan fingerprint density at radius 1 is 1.17 bits per heavy atom. The number of benzene rings is 2. The maximum Gasteiger partial charge on any atom is 0.182 e. The van der Waals surface area contributed by atoms with Crippen molar-refractivity contribution in [2.45, 2.75) is 45.1 Å². The summed E-state index contributed by atoms with van der Waals surface area (Å²) < 4.78 is 28.0. The highest BCUT2D eigenvalue weighted by Gasteiger charge is 2.20. The van der Waals surface area contributed by atoms with Crippen LogP contribution in [0.15, 0.2) is 30.3 Å². The Balaban J connectivity index is 1.68. The molecule has 2 aromatic carbocycles. The van der Waals surface area contributed by atoms with E-state index in [1.165, 1.54) is 17.8 Å². The molecule has 126 valence electrons. The zero-order valence-corrected chi connectivity index (χ0v) is 14.6. The third-order valence-corrected chi connectivity index (χ3v) is 5.79. The van der Waals surface area contributed by atoms with Gasteiger partial charge < -0.3 is 9.47 Å². The molecule has 1 fully saturated rings. The number of rotatable bonds is 6. The number of ether oxygens (including phenoxy) is 2. The standard InChI is InChI=1S/C20H21FO2S/c1-2-3-11-22-17-10-9-16-15-8-7-14(23-13-5-4-6-13)12-18(15)24-20(16)19(17)21/h7-10,12-13H,2-6,11H2,1H3. The van der Waals surface area contributed by atoms with Crippen molar-refractivity contribution in [1.29, 1.82) is 0 Å². The molecular weight excluding hydrogens is 323 g/mol. The van der Waals surface area contributed by atoms with Gasteiger partial charge in [-0.2, -0.15) is 0 Å². The molecule has 0 N–H and O–H groups in total. The molecule has 1 heterocycles. The van der Waals surface area contributed by atoms with E-state index in [1.807, 2.05) is 24.3 Å². The van der Waals surface area contributed by atoms with Crippen molar-refractivity contribution in [1.82, 2.24) is 0 Å². The highest BCUT2D eigenvalue weighted by atomic mass is 32.1. The predicted molar refractivity (Wildman–Crippen MR) is 98.0 cm³/mol. The average molecular weight is 344 g/mol. The molecule has 1 aromatic heterocycles. The van der Waals surface area contributed by atoms with Crippen LogP contribution in [0.4, 0.5) is 4.39 Å². The van der Waals surface area contributed by atoms with Gasteiger partial charge in [-0.1, -0.05) is 13.3 Å². The summed E-state index contributed by atoms with van der Waals surface area (Å²) in [6, 6.07) is 9.79. The van der Waals surface area contributed by atoms with Gasteiger partial charge in [0.2, 0.25) is 0 Å². The van der Waals surface area contributed by atoms with E-state index in [0.717, 1.165) is 46.9 Å². The summed E-state index contributed by atoms with van der Waals surface area (Å²) in [5.41, 5.74) is 0. The number of unbranched alkanes of at least 4 members (excludes halogenated alkanes) is 1. The maximum atomic E-state index is 14.8. The molecule has 0 atom stereocenters. The highest BCUT2D eigenvalue weighted by molar-refractivity contribution is 7.25. The quantitative estimate of drug-likeness (QED) is 0.488. The number of thiophene rings is 1. The van der Waals surface area contributed by atoms with Crippen LogP contribution in [-0.2, 0) is 0 Å². The van der Waals surface area contributed by atoms with E-state index in [2.05, 4.69) is 6.92 Å². The van der Waals surface area contributed by atoms with Crippen LogP contribution >= 0.6 is 11.3 Å². The normalized spacial score (nSPS) is 14.9. The van der Waals surface area contributed by atoms with E-state index in [-0.39, 0.29) is 5.82 Å². The fourth-order valence-electron chi connectivity index (χ4n) is 2.96. The predicted octanol–water partition coefficient (Wildman–Crippen LogP) is 6.30. The minimum Gasteiger partial charge on any atom is -0.490 e. The van der Waals surface area contributed by atoms with E-state index in [1.54, 1.807) is 6.07 Å². The molecule has 0 radical (unpaired) electrons. The molecule has 3 aromatic rings. The van der Waals surface area contributed by atoms with Gasteiger partial charge in [0.25, 0.3) is 0 Å². The third-order valence-electron chi connectivity index (χ3n) is 4.63. The molecule has 1 aliphatic rings. The second kappa shape index (κ2) is 6.60. The lowest BCUT2D eigenvalue weighted by atomic mass is 9.96. The van der Waals surface area contributed by atoms with Crippen LogP contribution in [0, 0.1) is 5.82 Å². The van der Waals surface area contributed by atoms with Gasteiger partial charge in [-0.15, -0.1) is 11.3 Å². The van der Waals surface area contributed by atoms with Crippen molar-refractivity contribution in [2.75, 3.05) is 6.61 Å². The summed E-state index contributed by atoms with van der Waals surface area (Å²) in [5, 5.41) is 2.03. The molecule has 4 heteroatoms. The Hall–Kier alpha value is -1.81. The Morgan fingerprint density at radius 3 is 2.75 bits per heavy atom. The smallest absolute Gasteiger partial charge is 0.182 e. The van der Waals surface area contributed by atoms with Crippen molar-refractivity contribution in [2.24, 2.45) is 0 Å². The van der Waals surface area contributed by atoms with Gasteiger partial charge in [-0.05, 0) is 56.0 Å². The Labute approximate surface area is 145 Å². The fourth-order valence-corrected chi connectivity index (χ4v) is 4.12. The molecule has 0 unspecified atom stereocenters. The summed E-state index contributed by atoms with van der Waals surface area (Å²) in [6.07, 6.45) is 5.85. The summed E-state index contributed by atoms with van der Waals surface area (Å²) in [5.74, 6) is 0.998. The summed E-state index contributed by atoms with van der Waals surface area (Å²) in [6.45, 7) is 2.65. The number of fused-ring (bicyclic) bond motifs is 3. The second-order valence-corrected chi connectivity index (χ2v) is 7.44. The first-order chi connectivity index (χ1) is 11.8. The van der Waals surface area contributed by atoms with Crippen LogP contribution in [0.5, 0.6) is 11.5 Å². The van der Waals surface area contributed by atoms with Gasteiger partial charge in [0.1, 0.15) is 5.75 Å². The van der Waals surface area contributed by atoms with Crippen LogP contribution in [0.1, 0.15) is 39.0 Å². The monoisotopic (exact) mass is 344 g/mol. The first-order valence-corrected chi connectivity index (χ1v) is 9.52. The van der Waals surface area contributed by atoms with Crippen molar-refractivity contribution in [3.05, 3.63) is 36.1 Å². The molecule has 0 bridgehead atoms. The van der Waals surface area contributed by atoms with Crippen LogP contribution in [-0.4, -0.2) is 12.7 Å². The summed E-state index contributed by atoms with van der Waals surface area (Å²) >= 11 is 1.47. The number of hydrogen-bond acceptors (Lipinski definition) is 3. The highest BCUT2D eigenvalue weighted by Crippen LogP contribution is 2.40. The van der Waals surface area contributed by atoms with Crippen LogP contribution in [0.3, 0.4) is 0 Å². The van der Waals surface area contributed by atoms with E-state index in [4.69, 9.17) is 9.47 Å². The molecule has 1 saturated carbocycles. The minimum absolute atomic E-state index is 0.244. The van der Waals surface area contributed by atoms with E-state index < -0.39 is 0 Å². The number of hydrogen-bond donors (Lipinski definition) is 0. The minimum atomic E-state index is -0.244. The Morgan fingerprint density at radius 2 is 2.00 bits per heavy atom. The van der Waals surface area contributed by atoms with Gasteiger partial charge in [0.05, 0.1) is 17.4 Å². The second-order valence-electron chi connectivity index (χ2n) is 6.39. The van der Waals surface area contributed by atoms with Crippen LogP contribution in [0.25, 0.3) is 20.2 Å². The van der Waals surface area contributed by atoms with Gasteiger partial charge in [0, 0.05) is 15.5 Å². The van der Waals surface area contributed by atoms with Gasteiger partial charge >= 0.3 is 0 Å². The van der Waals surface area contributed by atoms with E-state index >= 15 is 0 Å². The molecule has 24 heavy (non-hydrogen) atoms. The van der Waals surface area contributed by atoms with E-state index in [0.29, 0.717) is 23.2 Å². The zero-order chi connectivity index (χ0) is 16.5. The number of halogens is 1. The summed E-state index contributed by atoms with van der Waals surface area (Å²) in [4.78, 5) is 0. The van der Waals surface area contributed by atoms with Crippen LogP contribution in [0.2, 0.25) is 0 Å². The van der Waals surface area contributed by atoms with Crippen LogP contribution < -0.4 is 9.47 Å². The molecule has 2 nitrogen and oxygen atoms in total. The first-order valence-electron chi connectivity index (χ1n) is 8.70. The SMILES string of the molecule is CCCCOc1ccc2c(sc3cc(OC4CCC4)ccc32)c1F. The maximum absolute atomic E-state index is 14.8. The van der Waals surface area contributed by atoms with Crippen molar-refractivity contribution < 1.29 is 13.9 Å². The van der Waals surface area contributed by atoms with Crippen molar-refractivity contribution in [3.8, 4) is 11.5 Å². The van der Waals surface area contributed by atoms with Gasteiger partial charge in [0.15, 0.2) is 11.6 Å². The molecule has 0 amide bonds. The lowest BCUT2D eigenvalue weighted by Crippen LogP contribution is -2.24. The zero-order valence-electron chi connectivity index (χ0n) is 13.8. The van der Waals surface area contributed by atoms with Crippen molar-refractivity contribution in [3.63, 3.8) is 0 Å². The summed E-state index contributed by atoms with van der Waals surface area (Å²) in [7, 11) is 0. The Bertz CT molecular complexity index is 867. The first kappa shape index (κ1) is 15.7. The van der Waals surface area contributed by atoms with Gasteiger partial charge in [-0.3, -0.25) is 0 Å². The molecular formula is C20H21FO2S. The third kappa shape index (κ3) is 2.84. The average Bonchev–Trinajstić information content (AvgIpc) is 2.92. The molecule has 4 rings (SSSR count). The molecule has 0 saturated heterocycles. The molecule has 1 aliphatic carbocycles. The van der Waals surface area contributed by atoms with E-state index in [9.17, 15) is 4.39 Å². The Kier molecular flexibility index (Phi) is 4.31. The van der Waals surface area contributed by atoms with Gasteiger partial charge in [-0.25, -0.2) is 4.39 Å². The topological polar surface area (TPSA) is 18.5 Å². The van der Waals surface area contributed by atoms with Crippen molar-refractivity contribution >= 4 is 31.5 Å². The molecule has 0 aliphatic heterocycles. The fraction of sp³-hybridized carbons (Fsp3) is 0.400.